The Labute approximate surface area is 116 Å². The average Bonchev–Trinajstić information content (AvgIpc) is 2.46. The lowest BCUT2D eigenvalue weighted by molar-refractivity contribution is 0.0993. The van der Waals surface area contributed by atoms with Crippen LogP contribution in [0, 0.1) is 5.82 Å². The van der Waals surface area contributed by atoms with Gasteiger partial charge in [0.05, 0.1) is 5.69 Å². The monoisotopic (exact) mass is 271 g/mol. The smallest absolute Gasteiger partial charge is 0.258 e. The molecule has 2 rings (SSSR count). The molecule has 1 amide bonds. The number of ketones is 1. The van der Waals surface area contributed by atoms with Crippen molar-refractivity contribution in [2.45, 2.75) is 6.92 Å². The van der Waals surface area contributed by atoms with Crippen LogP contribution in [0.15, 0.2) is 48.5 Å². The lowest BCUT2D eigenvalue weighted by Crippen LogP contribution is -2.27. The molecule has 102 valence electrons. The molecule has 0 N–H and O–H groups in total. The first-order chi connectivity index (χ1) is 9.50. The highest BCUT2D eigenvalue weighted by atomic mass is 19.1. The lowest BCUT2D eigenvalue weighted by atomic mass is 10.1. The fourth-order valence-corrected chi connectivity index (χ4v) is 1.96. The summed E-state index contributed by atoms with van der Waals surface area (Å²) >= 11 is 0. The van der Waals surface area contributed by atoms with Crippen LogP contribution in [0.4, 0.5) is 10.1 Å². The van der Waals surface area contributed by atoms with E-state index in [-0.39, 0.29) is 11.7 Å². The predicted octanol–water partition coefficient (Wildman–Crippen LogP) is 3.30. The SMILES string of the molecule is CC(=O)c1ccccc1N(C)C(=O)c1ccc(F)cc1. The van der Waals surface area contributed by atoms with Crippen LogP contribution >= 0.6 is 0 Å². The van der Waals surface area contributed by atoms with Crippen molar-refractivity contribution in [2.24, 2.45) is 0 Å². The van der Waals surface area contributed by atoms with E-state index in [1.807, 2.05) is 0 Å². The third-order valence-corrected chi connectivity index (χ3v) is 3.04. The van der Waals surface area contributed by atoms with Crippen LogP contribution in [-0.2, 0) is 0 Å². The van der Waals surface area contributed by atoms with Gasteiger partial charge < -0.3 is 4.90 Å². The van der Waals surface area contributed by atoms with Gasteiger partial charge in [-0.15, -0.1) is 0 Å². The largest absolute Gasteiger partial charge is 0.311 e. The number of carbonyl (C=O) groups excluding carboxylic acids is 2. The van der Waals surface area contributed by atoms with Crippen molar-refractivity contribution in [3.05, 3.63) is 65.5 Å². The van der Waals surface area contributed by atoms with Gasteiger partial charge >= 0.3 is 0 Å². The van der Waals surface area contributed by atoms with Crippen molar-refractivity contribution in [3.63, 3.8) is 0 Å². The summed E-state index contributed by atoms with van der Waals surface area (Å²) in [5, 5.41) is 0. The minimum atomic E-state index is -0.395. The molecule has 0 unspecified atom stereocenters. The van der Waals surface area contributed by atoms with Gasteiger partial charge in [0.15, 0.2) is 5.78 Å². The molecular weight excluding hydrogens is 257 g/mol. The molecule has 0 aliphatic heterocycles. The minimum Gasteiger partial charge on any atom is -0.311 e. The highest BCUT2D eigenvalue weighted by Gasteiger charge is 2.17. The van der Waals surface area contributed by atoms with Crippen molar-refractivity contribution in [3.8, 4) is 0 Å². The Bertz CT molecular complexity index is 650. The number of Topliss-reactive ketones (excluding diaryl/α,β-unsaturated/α-hetero) is 1. The second-order valence-electron chi connectivity index (χ2n) is 4.44. The topological polar surface area (TPSA) is 37.4 Å². The summed E-state index contributed by atoms with van der Waals surface area (Å²) in [7, 11) is 1.59. The van der Waals surface area contributed by atoms with Crippen LogP contribution < -0.4 is 4.90 Å². The molecule has 0 aromatic heterocycles. The maximum absolute atomic E-state index is 12.9. The fraction of sp³-hybridized carbons (Fsp3) is 0.125. The second kappa shape index (κ2) is 5.65. The first-order valence-electron chi connectivity index (χ1n) is 6.14. The second-order valence-corrected chi connectivity index (χ2v) is 4.44. The van der Waals surface area contributed by atoms with Crippen molar-refractivity contribution < 1.29 is 14.0 Å². The predicted molar refractivity (Wildman–Crippen MR) is 75.6 cm³/mol. The van der Waals surface area contributed by atoms with Gasteiger partial charge in [0.1, 0.15) is 5.82 Å². The number of anilines is 1. The number of benzene rings is 2. The molecule has 0 aliphatic carbocycles. The number of para-hydroxylation sites is 1. The van der Waals surface area contributed by atoms with Crippen LogP contribution in [-0.4, -0.2) is 18.7 Å². The number of hydrogen-bond acceptors (Lipinski definition) is 2. The van der Waals surface area contributed by atoms with Gasteiger partial charge in [0, 0.05) is 18.2 Å². The minimum absolute atomic E-state index is 0.112. The van der Waals surface area contributed by atoms with E-state index >= 15 is 0 Å². The Hall–Kier alpha value is -2.49. The van der Waals surface area contributed by atoms with E-state index in [2.05, 4.69) is 0 Å². The number of hydrogen-bond donors (Lipinski definition) is 0. The maximum Gasteiger partial charge on any atom is 0.258 e. The summed E-state index contributed by atoms with van der Waals surface area (Å²) in [6.07, 6.45) is 0. The summed E-state index contributed by atoms with van der Waals surface area (Å²) in [6.45, 7) is 1.45. The molecule has 0 spiro atoms. The average molecular weight is 271 g/mol. The molecule has 0 heterocycles. The quantitative estimate of drug-likeness (QED) is 0.803. The van der Waals surface area contributed by atoms with Crippen LogP contribution in [0.5, 0.6) is 0 Å². The highest BCUT2D eigenvalue weighted by molar-refractivity contribution is 6.10. The van der Waals surface area contributed by atoms with Gasteiger partial charge in [-0.1, -0.05) is 12.1 Å². The molecule has 0 saturated carbocycles. The zero-order valence-electron chi connectivity index (χ0n) is 11.3. The van der Waals surface area contributed by atoms with Crippen LogP contribution in [0.25, 0.3) is 0 Å². The molecule has 0 fully saturated rings. The summed E-state index contributed by atoms with van der Waals surface area (Å²) in [6, 6.07) is 12.2. The molecule has 0 saturated heterocycles. The van der Waals surface area contributed by atoms with Gasteiger partial charge in [0.25, 0.3) is 5.91 Å². The molecule has 20 heavy (non-hydrogen) atoms. The molecule has 4 heteroatoms. The summed E-state index contributed by atoms with van der Waals surface area (Å²) in [5.41, 5.74) is 1.38. The third kappa shape index (κ3) is 2.74. The van der Waals surface area contributed by atoms with Crippen molar-refractivity contribution in [1.82, 2.24) is 0 Å². The highest BCUT2D eigenvalue weighted by Crippen LogP contribution is 2.21. The number of carbonyl (C=O) groups is 2. The molecule has 0 aliphatic rings. The number of nitrogens with zero attached hydrogens (tertiary/aromatic N) is 1. The van der Waals surface area contributed by atoms with Crippen LogP contribution in [0.1, 0.15) is 27.6 Å². The normalized spacial score (nSPS) is 10.2. The third-order valence-electron chi connectivity index (χ3n) is 3.04. The Morgan fingerprint density at radius 1 is 1.00 bits per heavy atom. The zero-order chi connectivity index (χ0) is 14.7. The van der Waals surface area contributed by atoms with Crippen LogP contribution in [0.3, 0.4) is 0 Å². The number of rotatable bonds is 3. The molecule has 0 atom stereocenters. The van der Waals surface area contributed by atoms with Gasteiger partial charge in [-0.25, -0.2) is 4.39 Å². The number of halogens is 1. The Kier molecular flexibility index (Phi) is 3.94. The van der Waals surface area contributed by atoms with Gasteiger partial charge in [0.2, 0.25) is 0 Å². The van der Waals surface area contributed by atoms with E-state index in [0.29, 0.717) is 16.8 Å². The molecule has 2 aromatic carbocycles. The molecule has 0 radical (unpaired) electrons. The standard InChI is InChI=1S/C16H14FNO2/c1-11(19)14-5-3-4-6-15(14)18(2)16(20)12-7-9-13(17)10-8-12/h3-10H,1-2H3. The molecular formula is C16H14FNO2. The first-order valence-corrected chi connectivity index (χ1v) is 6.14. The summed E-state index contributed by atoms with van der Waals surface area (Å²) in [5.74, 6) is -0.800. The van der Waals surface area contributed by atoms with E-state index in [4.69, 9.17) is 0 Å². The first kappa shape index (κ1) is 13.9. The van der Waals surface area contributed by atoms with Crippen LogP contribution in [0.2, 0.25) is 0 Å². The summed E-state index contributed by atoms with van der Waals surface area (Å²) < 4.78 is 12.9. The van der Waals surface area contributed by atoms with Gasteiger partial charge in [-0.2, -0.15) is 0 Å². The zero-order valence-corrected chi connectivity index (χ0v) is 11.3. The Morgan fingerprint density at radius 3 is 2.20 bits per heavy atom. The van der Waals surface area contributed by atoms with Gasteiger partial charge in [-0.3, -0.25) is 9.59 Å². The van der Waals surface area contributed by atoms with Crippen molar-refractivity contribution in [2.75, 3.05) is 11.9 Å². The molecule has 3 nitrogen and oxygen atoms in total. The maximum atomic E-state index is 12.9. The Morgan fingerprint density at radius 2 is 1.60 bits per heavy atom. The van der Waals surface area contributed by atoms with E-state index in [1.54, 1.807) is 31.3 Å². The fourth-order valence-electron chi connectivity index (χ4n) is 1.96. The lowest BCUT2D eigenvalue weighted by Gasteiger charge is -2.19. The Balaban J connectivity index is 2.36. The molecule has 2 aromatic rings. The van der Waals surface area contributed by atoms with Crippen molar-refractivity contribution >= 4 is 17.4 Å². The van der Waals surface area contributed by atoms with E-state index in [0.717, 1.165) is 0 Å². The number of amides is 1. The van der Waals surface area contributed by atoms with Gasteiger partial charge in [-0.05, 0) is 43.3 Å². The van der Waals surface area contributed by atoms with E-state index in [9.17, 15) is 14.0 Å². The van der Waals surface area contributed by atoms with E-state index < -0.39 is 5.82 Å². The summed E-state index contributed by atoms with van der Waals surface area (Å²) in [4.78, 5) is 25.3. The van der Waals surface area contributed by atoms with Crippen molar-refractivity contribution in [1.29, 1.82) is 0 Å². The van der Waals surface area contributed by atoms with E-state index in [1.165, 1.54) is 36.1 Å². The molecule has 0 bridgehead atoms.